The molecule has 0 bridgehead atoms. The van der Waals surface area contributed by atoms with Crippen molar-refractivity contribution < 1.29 is 8.42 Å². The average molecular weight is 282 g/mol. The van der Waals surface area contributed by atoms with E-state index in [4.69, 9.17) is 5.73 Å². The van der Waals surface area contributed by atoms with E-state index >= 15 is 0 Å². The highest BCUT2D eigenvalue weighted by atomic mass is 32.2. The molecule has 0 amide bonds. The van der Waals surface area contributed by atoms with E-state index in [1.165, 1.54) is 0 Å². The van der Waals surface area contributed by atoms with Gasteiger partial charge in [-0.2, -0.15) is 4.31 Å². The lowest BCUT2D eigenvalue weighted by atomic mass is 9.97. The Bertz CT molecular complexity index is 569. The molecule has 0 aliphatic carbocycles. The van der Waals surface area contributed by atoms with E-state index in [9.17, 15) is 8.42 Å². The summed E-state index contributed by atoms with van der Waals surface area (Å²) in [6.45, 7) is 6.48. The Balaban J connectivity index is 2.44. The molecule has 1 aliphatic heterocycles. The van der Waals surface area contributed by atoms with Gasteiger partial charge in [-0.05, 0) is 50.3 Å². The molecule has 0 spiro atoms. The first-order valence-corrected chi connectivity index (χ1v) is 8.14. The summed E-state index contributed by atoms with van der Waals surface area (Å²) >= 11 is 0. The van der Waals surface area contributed by atoms with E-state index in [1.54, 1.807) is 22.5 Å². The maximum atomic E-state index is 12.8. The zero-order valence-corrected chi connectivity index (χ0v) is 12.6. The number of rotatable bonds is 2. The molecule has 0 radical (unpaired) electrons. The number of benzene rings is 1. The SMILES string of the molecule is Cc1ccc(N)cc1S(=O)(=O)N1CC(C)CCC1C. The molecule has 4 nitrogen and oxygen atoms in total. The van der Waals surface area contributed by atoms with Crippen LogP contribution in [-0.2, 0) is 10.0 Å². The van der Waals surface area contributed by atoms with Gasteiger partial charge < -0.3 is 5.73 Å². The largest absolute Gasteiger partial charge is 0.399 e. The van der Waals surface area contributed by atoms with Crippen LogP contribution in [-0.4, -0.2) is 25.3 Å². The van der Waals surface area contributed by atoms with Gasteiger partial charge in [0.1, 0.15) is 0 Å². The summed E-state index contributed by atoms with van der Waals surface area (Å²) in [5.41, 5.74) is 6.97. The predicted molar refractivity (Wildman–Crippen MR) is 77.3 cm³/mol. The van der Waals surface area contributed by atoms with Crippen molar-refractivity contribution in [3.8, 4) is 0 Å². The second kappa shape index (κ2) is 5.13. The number of nitrogens with two attached hydrogens (primary N) is 1. The van der Waals surface area contributed by atoms with Crippen molar-refractivity contribution in [2.24, 2.45) is 5.92 Å². The van der Waals surface area contributed by atoms with Crippen molar-refractivity contribution in [3.63, 3.8) is 0 Å². The minimum Gasteiger partial charge on any atom is -0.399 e. The van der Waals surface area contributed by atoms with Gasteiger partial charge in [0.2, 0.25) is 10.0 Å². The summed E-state index contributed by atoms with van der Waals surface area (Å²) in [6.07, 6.45) is 2.00. The molecule has 1 heterocycles. The second-order valence-corrected chi connectivity index (χ2v) is 7.49. The standard InChI is InChI=1S/C14H22N2O2S/c1-10-4-6-12(3)16(9-10)19(17,18)14-8-13(15)7-5-11(14)2/h5,7-8,10,12H,4,6,9,15H2,1-3H3. The number of nitrogens with zero attached hydrogens (tertiary/aromatic N) is 1. The maximum Gasteiger partial charge on any atom is 0.243 e. The summed E-state index contributed by atoms with van der Waals surface area (Å²) in [5.74, 6) is 0.410. The fourth-order valence-electron chi connectivity index (χ4n) is 2.60. The molecule has 106 valence electrons. The second-order valence-electron chi connectivity index (χ2n) is 5.63. The van der Waals surface area contributed by atoms with Crippen LogP contribution in [0.15, 0.2) is 23.1 Å². The normalized spacial score (nSPS) is 25.4. The van der Waals surface area contributed by atoms with Gasteiger partial charge in [-0.25, -0.2) is 8.42 Å². The molecule has 5 heteroatoms. The van der Waals surface area contributed by atoms with Gasteiger partial charge in [0.25, 0.3) is 0 Å². The molecule has 1 aromatic carbocycles. The van der Waals surface area contributed by atoms with Crippen LogP contribution in [0.25, 0.3) is 0 Å². The molecule has 2 rings (SSSR count). The van der Waals surface area contributed by atoms with Crippen LogP contribution >= 0.6 is 0 Å². The molecular weight excluding hydrogens is 260 g/mol. The van der Waals surface area contributed by atoms with Crippen LogP contribution in [0.3, 0.4) is 0 Å². The van der Waals surface area contributed by atoms with Crippen molar-refractivity contribution in [1.82, 2.24) is 4.31 Å². The highest BCUT2D eigenvalue weighted by Gasteiger charge is 2.34. The highest BCUT2D eigenvalue weighted by molar-refractivity contribution is 7.89. The van der Waals surface area contributed by atoms with E-state index in [0.29, 0.717) is 23.0 Å². The molecular formula is C14H22N2O2S. The molecule has 1 saturated heterocycles. The Morgan fingerprint density at radius 2 is 1.95 bits per heavy atom. The van der Waals surface area contributed by atoms with E-state index in [1.807, 2.05) is 13.8 Å². The molecule has 1 aromatic rings. The average Bonchev–Trinajstić information content (AvgIpc) is 2.35. The zero-order valence-electron chi connectivity index (χ0n) is 11.8. The Morgan fingerprint density at radius 1 is 1.26 bits per heavy atom. The van der Waals surface area contributed by atoms with Crippen LogP contribution < -0.4 is 5.73 Å². The van der Waals surface area contributed by atoms with Crippen molar-refractivity contribution >= 4 is 15.7 Å². The van der Waals surface area contributed by atoms with Gasteiger partial charge in [-0.3, -0.25) is 0 Å². The number of aryl methyl sites for hydroxylation is 1. The summed E-state index contributed by atoms with van der Waals surface area (Å²) in [5, 5.41) is 0. The van der Waals surface area contributed by atoms with Crippen LogP contribution in [0.1, 0.15) is 32.3 Å². The maximum absolute atomic E-state index is 12.8. The van der Waals surface area contributed by atoms with Crippen molar-refractivity contribution in [1.29, 1.82) is 0 Å². The molecule has 19 heavy (non-hydrogen) atoms. The fraction of sp³-hybridized carbons (Fsp3) is 0.571. The smallest absolute Gasteiger partial charge is 0.243 e. The topological polar surface area (TPSA) is 63.4 Å². The Hall–Kier alpha value is -1.07. The molecule has 2 N–H and O–H groups in total. The van der Waals surface area contributed by atoms with Gasteiger partial charge >= 0.3 is 0 Å². The van der Waals surface area contributed by atoms with Crippen LogP contribution in [0.5, 0.6) is 0 Å². The monoisotopic (exact) mass is 282 g/mol. The lowest BCUT2D eigenvalue weighted by Gasteiger charge is -2.36. The lowest BCUT2D eigenvalue weighted by molar-refractivity contribution is 0.218. The number of hydrogen-bond acceptors (Lipinski definition) is 3. The molecule has 1 fully saturated rings. The fourth-order valence-corrected chi connectivity index (χ4v) is 4.65. The lowest BCUT2D eigenvalue weighted by Crippen LogP contribution is -2.45. The third-order valence-electron chi connectivity index (χ3n) is 3.86. The van der Waals surface area contributed by atoms with Crippen LogP contribution in [0.2, 0.25) is 0 Å². The number of anilines is 1. The van der Waals surface area contributed by atoms with Gasteiger partial charge in [0.15, 0.2) is 0 Å². The third kappa shape index (κ3) is 2.77. The third-order valence-corrected chi connectivity index (χ3v) is 5.98. The van der Waals surface area contributed by atoms with E-state index in [2.05, 4.69) is 6.92 Å². The molecule has 2 atom stereocenters. The molecule has 0 saturated carbocycles. The molecule has 0 aromatic heterocycles. The Labute approximate surface area is 115 Å². The Morgan fingerprint density at radius 3 is 2.63 bits per heavy atom. The quantitative estimate of drug-likeness (QED) is 0.847. The minimum atomic E-state index is -3.44. The number of sulfonamides is 1. The van der Waals surface area contributed by atoms with Crippen LogP contribution in [0, 0.1) is 12.8 Å². The summed E-state index contributed by atoms with van der Waals surface area (Å²) in [4.78, 5) is 0.341. The summed E-state index contributed by atoms with van der Waals surface area (Å²) in [7, 11) is -3.44. The first-order valence-electron chi connectivity index (χ1n) is 6.70. The zero-order chi connectivity index (χ0) is 14.2. The highest BCUT2D eigenvalue weighted by Crippen LogP contribution is 2.29. The molecule has 1 aliphatic rings. The van der Waals surface area contributed by atoms with E-state index < -0.39 is 10.0 Å². The summed E-state index contributed by atoms with van der Waals surface area (Å²) in [6, 6.07) is 5.12. The minimum absolute atomic E-state index is 0.0574. The van der Waals surface area contributed by atoms with Gasteiger partial charge in [0.05, 0.1) is 4.90 Å². The predicted octanol–water partition coefficient (Wildman–Crippen LogP) is 2.39. The van der Waals surface area contributed by atoms with Crippen molar-refractivity contribution in [3.05, 3.63) is 23.8 Å². The van der Waals surface area contributed by atoms with E-state index in [-0.39, 0.29) is 6.04 Å². The Kier molecular flexibility index (Phi) is 3.87. The first kappa shape index (κ1) is 14.3. The molecule has 2 unspecified atom stereocenters. The summed E-state index contributed by atoms with van der Waals surface area (Å²) < 4.78 is 27.2. The van der Waals surface area contributed by atoms with Gasteiger partial charge in [-0.15, -0.1) is 0 Å². The van der Waals surface area contributed by atoms with Crippen molar-refractivity contribution in [2.75, 3.05) is 12.3 Å². The van der Waals surface area contributed by atoms with Gasteiger partial charge in [0, 0.05) is 18.3 Å². The first-order chi connectivity index (χ1) is 8.82. The van der Waals surface area contributed by atoms with E-state index in [0.717, 1.165) is 18.4 Å². The van der Waals surface area contributed by atoms with Crippen molar-refractivity contribution in [2.45, 2.75) is 44.6 Å². The number of piperidine rings is 1. The van der Waals surface area contributed by atoms with Crippen LogP contribution in [0.4, 0.5) is 5.69 Å². The van der Waals surface area contributed by atoms with Gasteiger partial charge in [-0.1, -0.05) is 13.0 Å². The number of hydrogen-bond donors (Lipinski definition) is 1. The number of nitrogen functional groups attached to an aromatic ring is 1.